The highest BCUT2D eigenvalue weighted by Gasteiger charge is 2.54. The Morgan fingerprint density at radius 1 is 1.12 bits per heavy atom. The number of urea groups is 1. The van der Waals surface area contributed by atoms with Gasteiger partial charge in [-0.2, -0.15) is 0 Å². The molecule has 6 nitrogen and oxygen atoms in total. The minimum atomic E-state index is -0.307. The van der Waals surface area contributed by atoms with Gasteiger partial charge >= 0.3 is 6.03 Å². The van der Waals surface area contributed by atoms with E-state index in [1.807, 2.05) is 4.90 Å². The van der Waals surface area contributed by atoms with Crippen molar-refractivity contribution in [3.05, 3.63) is 0 Å². The van der Waals surface area contributed by atoms with Crippen LogP contribution in [0.2, 0.25) is 0 Å². The van der Waals surface area contributed by atoms with Gasteiger partial charge in [-0.1, -0.05) is 13.8 Å². The van der Waals surface area contributed by atoms with E-state index >= 15 is 0 Å². The van der Waals surface area contributed by atoms with Crippen LogP contribution in [0.3, 0.4) is 0 Å². The van der Waals surface area contributed by atoms with Crippen molar-refractivity contribution in [2.24, 2.45) is 5.41 Å². The highest BCUT2D eigenvalue weighted by molar-refractivity contribution is 5.75. The van der Waals surface area contributed by atoms with Crippen LogP contribution in [0, 0.1) is 5.41 Å². The number of methoxy groups -OCH3 is 1. The first-order valence-corrected chi connectivity index (χ1v) is 9.44. The van der Waals surface area contributed by atoms with Gasteiger partial charge in [-0.25, -0.2) is 4.79 Å². The van der Waals surface area contributed by atoms with Crippen molar-refractivity contribution in [3.63, 3.8) is 0 Å². The Bertz CT molecular complexity index is 490. The van der Waals surface area contributed by atoms with Crippen LogP contribution >= 0.6 is 0 Å². The number of nitrogens with zero attached hydrogens (tertiary/aromatic N) is 3. The molecule has 1 N–H and O–H groups in total. The Kier molecular flexibility index (Phi) is 5.77. The largest absolute Gasteiger partial charge is 0.378 e. The number of carbonyl (C=O) groups is 1. The van der Waals surface area contributed by atoms with Crippen molar-refractivity contribution in [2.75, 3.05) is 53.4 Å². The molecule has 2 saturated heterocycles. The Balaban J connectivity index is 1.87. The van der Waals surface area contributed by atoms with E-state index < -0.39 is 0 Å². The number of piperazine rings is 1. The van der Waals surface area contributed by atoms with E-state index in [1.165, 1.54) is 0 Å². The molecule has 25 heavy (non-hydrogen) atoms. The normalized spacial score (nSPS) is 29.0. The summed E-state index contributed by atoms with van der Waals surface area (Å²) in [6, 6.07) is 0.0195. The molecule has 1 atom stereocenters. The summed E-state index contributed by atoms with van der Waals surface area (Å²) >= 11 is 0. The first kappa shape index (κ1) is 20.5. The molecule has 0 aromatic heterocycles. The molecule has 2 fully saturated rings. The Morgan fingerprint density at radius 2 is 1.76 bits per heavy atom. The lowest BCUT2D eigenvalue weighted by Gasteiger charge is -2.45. The van der Waals surface area contributed by atoms with Crippen molar-refractivity contribution < 1.29 is 9.53 Å². The predicted molar refractivity (Wildman–Crippen MR) is 102 cm³/mol. The number of amides is 2. The van der Waals surface area contributed by atoms with Crippen molar-refractivity contribution in [2.45, 2.75) is 58.7 Å². The van der Waals surface area contributed by atoms with E-state index in [2.05, 4.69) is 63.7 Å². The van der Waals surface area contributed by atoms with Crippen molar-refractivity contribution in [3.8, 4) is 0 Å². The number of likely N-dealkylation sites (N-methyl/N-ethyl adjacent to an activating group) is 1. The SMILES string of the molecule is COC1C(C)(C)CN(C(=O)NCCN2CCN(C)C(C)(C)C2)C1(C)C. The summed E-state index contributed by atoms with van der Waals surface area (Å²) in [6.45, 7) is 18.5. The molecule has 0 saturated carbocycles. The van der Waals surface area contributed by atoms with Gasteiger partial charge < -0.3 is 15.0 Å². The molecule has 0 aromatic rings. The summed E-state index contributed by atoms with van der Waals surface area (Å²) in [5.41, 5.74) is -0.163. The highest BCUT2D eigenvalue weighted by atomic mass is 16.5. The lowest BCUT2D eigenvalue weighted by Crippen LogP contribution is -2.59. The maximum Gasteiger partial charge on any atom is 0.317 e. The maximum atomic E-state index is 12.8. The van der Waals surface area contributed by atoms with Crippen LogP contribution in [0.4, 0.5) is 4.79 Å². The van der Waals surface area contributed by atoms with Gasteiger partial charge in [-0.3, -0.25) is 9.80 Å². The number of rotatable bonds is 4. The second-order valence-electron chi connectivity index (χ2n) is 9.59. The Labute approximate surface area is 153 Å². The van der Waals surface area contributed by atoms with E-state index in [0.717, 1.165) is 26.2 Å². The fourth-order valence-corrected chi connectivity index (χ4v) is 4.68. The maximum absolute atomic E-state index is 12.8. The quantitative estimate of drug-likeness (QED) is 0.837. The van der Waals surface area contributed by atoms with Gasteiger partial charge in [0.2, 0.25) is 0 Å². The summed E-state index contributed by atoms with van der Waals surface area (Å²) in [4.78, 5) is 19.5. The van der Waals surface area contributed by atoms with Gasteiger partial charge in [-0.15, -0.1) is 0 Å². The van der Waals surface area contributed by atoms with Crippen molar-refractivity contribution in [1.82, 2.24) is 20.0 Å². The third-order valence-corrected chi connectivity index (χ3v) is 6.19. The molecule has 2 amide bonds. The van der Waals surface area contributed by atoms with E-state index in [1.54, 1.807) is 7.11 Å². The molecule has 2 rings (SSSR count). The predicted octanol–water partition coefficient (Wildman–Crippen LogP) is 1.86. The summed E-state index contributed by atoms with van der Waals surface area (Å²) in [5, 5.41) is 3.12. The smallest absolute Gasteiger partial charge is 0.317 e. The number of hydrogen-bond donors (Lipinski definition) is 1. The molecule has 0 radical (unpaired) electrons. The van der Waals surface area contributed by atoms with Crippen molar-refractivity contribution >= 4 is 6.03 Å². The van der Waals surface area contributed by atoms with Gasteiger partial charge in [0.1, 0.15) is 0 Å². The van der Waals surface area contributed by atoms with Crippen LogP contribution < -0.4 is 5.32 Å². The summed E-state index contributed by atoms with van der Waals surface area (Å²) in [5.74, 6) is 0. The van der Waals surface area contributed by atoms with Crippen LogP contribution in [0.5, 0.6) is 0 Å². The lowest BCUT2D eigenvalue weighted by atomic mass is 9.82. The molecule has 0 aliphatic carbocycles. The number of carbonyl (C=O) groups excluding carboxylic acids is 1. The number of hydrogen-bond acceptors (Lipinski definition) is 4. The van der Waals surface area contributed by atoms with Crippen LogP contribution in [0.25, 0.3) is 0 Å². The zero-order valence-corrected chi connectivity index (χ0v) is 17.5. The highest BCUT2D eigenvalue weighted by Crippen LogP contribution is 2.42. The first-order valence-electron chi connectivity index (χ1n) is 9.44. The summed E-state index contributed by atoms with van der Waals surface area (Å²) < 4.78 is 5.72. The average molecular weight is 355 g/mol. The molecule has 0 spiro atoms. The molecular weight excluding hydrogens is 316 g/mol. The van der Waals surface area contributed by atoms with Gasteiger partial charge in [0.05, 0.1) is 11.6 Å². The summed E-state index contributed by atoms with van der Waals surface area (Å²) in [6.07, 6.45) is 0.0316. The second kappa shape index (κ2) is 7.05. The zero-order valence-electron chi connectivity index (χ0n) is 17.5. The van der Waals surface area contributed by atoms with E-state index in [-0.39, 0.29) is 28.6 Å². The first-order chi connectivity index (χ1) is 11.4. The summed E-state index contributed by atoms with van der Waals surface area (Å²) in [7, 11) is 3.92. The standard InChI is InChI=1S/C19H38N4O2/c1-17(2)13-23(19(5,6)15(17)25-8)16(24)20-9-10-22-12-11-21(7)18(3,4)14-22/h15H,9-14H2,1-8H3,(H,20,24). The number of likely N-dealkylation sites (tertiary alicyclic amines) is 1. The third-order valence-electron chi connectivity index (χ3n) is 6.19. The minimum Gasteiger partial charge on any atom is -0.378 e. The monoisotopic (exact) mass is 354 g/mol. The zero-order chi connectivity index (χ0) is 19.0. The second-order valence-corrected chi connectivity index (χ2v) is 9.59. The van der Waals surface area contributed by atoms with Crippen molar-refractivity contribution in [1.29, 1.82) is 0 Å². The molecule has 2 heterocycles. The fourth-order valence-electron chi connectivity index (χ4n) is 4.68. The number of ether oxygens (including phenoxy) is 1. The molecule has 2 aliphatic heterocycles. The Morgan fingerprint density at radius 3 is 2.28 bits per heavy atom. The van der Waals surface area contributed by atoms with Gasteiger partial charge in [-0.05, 0) is 34.7 Å². The van der Waals surface area contributed by atoms with E-state index in [9.17, 15) is 4.79 Å². The van der Waals surface area contributed by atoms with Crippen LogP contribution in [0.15, 0.2) is 0 Å². The van der Waals surface area contributed by atoms with Crippen LogP contribution in [-0.2, 0) is 4.74 Å². The van der Waals surface area contributed by atoms with Crippen LogP contribution in [-0.4, -0.2) is 91.3 Å². The molecule has 0 aromatic carbocycles. The third kappa shape index (κ3) is 4.12. The minimum absolute atomic E-state index is 0.0195. The molecule has 0 bridgehead atoms. The molecule has 6 heteroatoms. The number of nitrogens with one attached hydrogen (secondary N) is 1. The van der Waals surface area contributed by atoms with Gasteiger partial charge in [0, 0.05) is 57.3 Å². The molecular formula is C19H38N4O2. The molecule has 2 aliphatic rings. The Hall–Kier alpha value is -0.850. The lowest BCUT2D eigenvalue weighted by molar-refractivity contribution is -0.0117. The van der Waals surface area contributed by atoms with Crippen LogP contribution in [0.1, 0.15) is 41.5 Å². The van der Waals surface area contributed by atoms with Gasteiger partial charge in [0.15, 0.2) is 0 Å². The topological polar surface area (TPSA) is 48.1 Å². The van der Waals surface area contributed by atoms with E-state index in [4.69, 9.17) is 4.74 Å². The molecule has 1 unspecified atom stereocenters. The van der Waals surface area contributed by atoms with Gasteiger partial charge in [0.25, 0.3) is 0 Å². The fraction of sp³-hybridized carbons (Fsp3) is 0.947. The average Bonchev–Trinajstić information content (AvgIpc) is 2.67. The molecule has 146 valence electrons. The van der Waals surface area contributed by atoms with E-state index in [0.29, 0.717) is 13.1 Å².